The molecule has 0 spiro atoms. The van der Waals surface area contributed by atoms with Crippen molar-refractivity contribution in [3.05, 3.63) is 47.0 Å². The Kier molecular flexibility index (Phi) is 6.78. The Balaban J connectivity index is 2.43. The third-order valence-electron chi connectivity index (χ3n) is 4.00. The molecule has 0 amide bonds. The maximum absolute atomic E-state index is 3.76. The van der Waals surface area contributed by atoms with Crippen LogP contribution in [0.1, 0.15) is 61.3 Å². The van der Waals surface area contributed by atoms with Crippen LogP contribution in [0.3, 0.4) is 0 Å². The molecule has 100 valence electrons. The average Bonchev–Trinajstić information content (AvgIpc) is 2.38. The highest BCUT2D eigenvalue weighted by Gasteiger charge is 2.04. The highest BCUT2D eigenvalue weighted by molar-refractivity contribution is 5.39. The standard InChI is InChI=1S/C18H28/c1-5-7-8-9-10-11-12-18-14-13-17(6-2)15(3)16(18)4/h5,13-14H,1,6-12H2,2-4H3. The van der Waals surface area contributed by atoms with Crippen LogP contribution in [0.25, 0.3) is 0 Å². The van der Waals surface area contributed by atoms with E-state index in [1.54, 1.807) is 5.56 Å². The quantitative estimate of drug-likeness (QED) is 0.416. The van der Waals surface area contributed by atoms with Crippen LogP contribution < -0.4 is 0 Å². The van der Waals surface area contributed by atoms with E-state index >= 15 is 0 Å². The SMILES string of the molecule is C=CCCCCCCc1ccc(CC)c(C)c1C. The van der Waals surface area contributed by atoms with E-state index in [2.05, 4.69) is 39.5 Å². The molecule has 0 bridgehead atoms. The molecule has 0 fully saturated rings. The van der Waals surface area contributed by atoms with Crippen molar-refractivity contribution in [3.63, 3.8) is 0 Å². The van der Waals surface area contributed by atoms with E-state index in [4.69, 9.17) is 0 Å². The molecular formula is C18H28. The number of hydrogen-bond acceptors (Lipinski definition) is 0. The van der Waals surface area contributed by atoms with Gasteiger partial charge in [0.15, 0.2) is 0 Å². The molecule has 18 heavy (non-hydrogen) atoms. The molecular weight excluding hydrogens is 216 g/mol. The Morgan fingerprint density at radius 3 is 2.22 bits per heavy atom. The van der Waals surface area contributed by atoms with Crippen LogP contribution in [0.5, 0.6) is 0 Å². The maximum Gasteiger partial charge on any atom is -0.0276 e. The fourth-order valence-corrected chi connectivity index (χ4v) is 2.54. The van der Waals surface area contributed by atoms with E-state index in [1.807, 2.05) is 6.08 Å². The Morgan fingerprint density at radius 1 is 0.944 bits per heavy atom. The van der Waals surface area contributed by atoms with E-state index in [0.717, 1.165) is 6.42 Å². The predicted molar refractivity (Wildman–Crippen MR) is 82.3 cm³/mol. The second-order valence-electron chi connectivity index (χ2n) is 5.23. The van der Waals surface area contributed by atoms with Gasteiger partial charge in [0, 0.05) is 0 Å². The molecule has 0 atom stereocenters. The molecule has 0 saturated heterocycles. The Labute approximate surface area is 113 Å². The van der Waals surface area contributed by atoms with Gasteiger partial charge in [-0.3, -0.25) is 0 Å². The lowest BCUT2D eigenvalue weighted by atomic mass is 9.93. The largest absolute Gasteiger partial charge is 0.103 e. The topological polar surface area (TPSA) is 0 Å². The van der Waals surface area contributed by atoms with E-state index in [0.29, 0.717) is 0 Å². The van der Waals surface area contributed by atoms with Gasteiger partial charge in [-0.2, -0.15) is 0 Å². The van der Waals surface area contributed by atoms with Gasteiger partial charge >= 0.3 is 0 Å². The molecule has 0 aromatic heterocycles. The summed E-state index contributed by atoms with van der Waals surface area (Å²) in [5, 5.41) is 0. The van der Waals surface area contributed by atoms with Gasteiger partial charge in [0.2, 0.25) is 0 Å². The summed E-state index contributed by atoms with van der Waals surface area (Å²) in [6.07, 6.45) is 10.9. The summed E-state index contributed by atoms with van der Waals surface area (Å²) in [5.74, 6) is 0. The van der Waals surface area contributed by atoms with Gasteiger partial charge in [0.25, 0.3) is 0 Å². The molecule has 0 saturated carbocycles. The van der Waals surface area contributed by atoms with Gasteiger partial charge in [0.1, 0.15) is 0 Å². The molecule has 0 aliphatic rings. The number of benzene rings is 1. The van der Waals surface area contributed by atoms with Crippen LogP contribution in [-0.4, -0.2) is 0 Å². The molecule has 0 heteroatoms. The molecule has 0 unspecified atom stereocenters. The zero-order valence-corrected chi connectivity index (χ0v) is 12.4. The lowest BCUT2D eigenvalue weighted by Crippen LogP contribution is -1.97. The lowest BCUT2D eigenvalue weighted by Gasteiger charge is -2.12. The van der Waals surface area contributed by atoms with Crippen molar-refractivity contribution >= 4 is 0 Å². The minimum atomic E-state index is 1.15. The molecule has 1 rings (SSSR count). The van der Waals surface area contributed by atoms with Gasteiger partial charge in [-0.05, 0) is 68.2 Å². The molecule has 0 nitrogen and oxygen atoms in total. The highest BCUT2D eigenvalue weighted by atomic mass is 14.1. The Morgan fingerprint density at radius 2 is 1.56 bits per heavy atom. The summed E-state index contributed by atoms with van der Waals surface area (Å²) < 4.78 is 0. The first kappa shape index (κ1) is 15.0. The number of hydrogen-bond donors (Lipinski definition) is 0. The summed E-state index contributed by atoms with van der Waals surface area (Å²) in [6, 6.07) is 4.65. The summed E-state index contributed by atoms with van der Waals surface area (Å²) in [7, 11) is 0. The third-order valence-corrected chi connectivity index (χ3v) is 4.00. The molecule has 0 aliphatic carbocycles. The first-order valence-electron chi connectivity index (χ1n) is 7.39. The monoisotopic (exact) mass is 244 g/mol. The molecule has 0 heterocycles. The van der Waals surface area contributed by atoms with Crippen LogP contribution in [-0.2, 0) is 12.8 Å². The fourth-order valence-electron chi connectivity index (χ4n) is 2.54. The normalized spacial score (nSPS) is 10.6. The smallest absolute Gasteiger partial charge is 0.0276 e. The first-order chi connectivity index (χ1) is 8.70. The van der Waals surface area contributed by atoms with Crippen molar-refractivity contribution in [1.82, 2.24) is 0 Å². The molecule has 0 radical (unpaired) electrons. The number of aryl methyl sites for hydroxylation is 2. The molecule has 0 aliphatic heterocycles. The van der Waals surface area contributed by atoms with Gasteiger partial charge < -0.3 is 0 Å². The fraction of sp³-hybridized carbons (Fsp3) is 0.556. The second kappa shape index (κ2) is 8.13. The van der Waals surface area contributed by atoms with Crippen LogP contribution in [0, 0.1) is 13.8 Å². The minimum absolute atomic E-state index is 1.15. The number of unbranched alkanes of at least 4 members (excludes halogenated alkanes) is 4. The van der Waals surface area contributed by atoms with Crippen molar-refractivity contribution < 1.29 is 0 Å². The zero-order valence-electron chi connectivity index (χ0n) is 12.4. The maximum atomic E-state index is 3.76. The zero-order chi connectivity index (χ0) is 13.4. The van der Waals surface area contributed by atoms with Crippen LogP contribution in [0.2, 0.25) is 0 Å². The summed E-state index contributed by atoms with van der Waals surface area (Å²) >= 11 is 0. The molecule has 1 aromatic carbocycles. The number of allylic oxidation sites excluding steroid dienone is 1. The van der Waals surface area contributed by atoms with Crippen molar-refractivity contribution in [3.8, 4) is 0 Å². The third kappa shape index (κ3) is 4.33. The van der Waals surface area contributed by atoms with Crippen LogP contribution in [0.4, 0.5) is 0 Å². The van der Waals surface area contributed by atoms with Crippen LogP contribution in [0.15, 0.2) is 24.8 Å². The number of rotatable bonds is 8. The minimum Gasteiger partial charge on any atom is -0.103 e. The van der Waals surface area contributed by atoms with E-state index in [9.17, 15) is 0 Å². The molecule has 0 N–H and O–H groups in total. The van der Waals surface area contributed by atoms with Gasteiger partial charge in [0.05, 0.1) is 0 Å². The van der Waals surface area contributed by atoms with Crippen molar-refractivity contribution in [2.75, 3.05) is 0 Å². The van der Waals surface area contributed by atoms with Crippen molar-refractivity contribution in [2.24, 2.45) is 0 Å². The van der Waals surface area contributed by atoms with Gasteiger partial charge in [-0.15, -0.1) is 6.58 Å². The van der Waals surface area contributed by atoms with Gasteiger partial charge in [-0.1, -0.05) is 38.0 Å². The van der Waals surface area contributed by atoms with Gasteiger partial charge in [-0.25, -0.2) is 0 Å². The van der Waals surface area contributed by atoms with Crippen LogP contribution >= 0.6 is 0 Å². The summed E-state index contributed by atoms with van der Waals surface area (Å²) in [5.41, 5.74) is 6.07. The Bertz CT molecular complexity index is 374. The van der Waals surface area contributed by atoms with E-state index in [1.165, 1.54) is 55.2 Å². The first-order valence-corrected chi connectivity index (χ1v) is 7.39. The highest BCUT2D eigenvalue weighted by Crippen LogP contribution is 2.20. The van der Waals surface area contributed by atoms with E-state index in [-0.39, 0.29) is 0 Å². The second-order valence-corrected chi connectivity index (χ2v) is 5.23. The predicted octanol–water partition coefficient (Wildman–Crippen LogP) is 5.54. The molecule has 1 aromatic rings. The van der Waals surface area contributed by atoms with E-state index < -0.39 is 0 Å². The van der Waals surface area contributed by atoms with Crippen molar-refractivity contribution in [1.29, 1.82) is 0 Å². The van der Waals surface area contributed by atoms with Crippen molar-refractivity contribution in [2.45, 2.75) is 65.7 Å². The average molecular weight is 244 g/mol. The summed E-state index contributed by atoms with van der Waals surface area (Å²) in [4.78, 5) is 0. The lowest BCUT2D eigenvalue weighted by molar-refractivity contribution is 0.645. The summed E-state index contributed by atoms with van der Waals surface area (Å²) in [6.45, 7) is 10.5. The Hall–Kier alpha value is -1.04.